The number of ether oxygens (including phenoxy) is 1. The molecule has 2 N–H and O–H groups in total. The van der Waals surface area contributed by atoms with Crippen LogP contribution in [0.1, 0.15) is 21.6 Å². The van der Waals surface area contributed by atoms with E-state index in [1.54, 1.807) is 30.1 Å². The Morgan fingerprint density at radius 2 is 2.28 bits per heavy atom. The molecular formula is C12H14N4O2. The maximum absolute atomic E-state index is 11.8. The number of esters is 1. The molecule has 6 heteroatoms. The van der Waals surface area contributed by atoms with Crippen molar-refractivity contribution in [1.29, 1.82) is 0 Å². The van der Waals surface area contributed by atoms with Gasteiger partial charge in [-0.05, 0) is 19.1 Å². The number of benzene rings is 1. The number of rotatable bonds is 3. The number of aryl methyl sites for hydroxylation is 2. The van der Waals surface area contributed by atoms with E-state index >= 15 is 0 Å². The molecule has 0 saturated heterocycles. The van der Waals surface area contributed by atoms with E-state index in [4.69, 9.17) is 10.5 Å². The van der Waals surface area contributed by atoms with Crippen LogP contribution in [0.5, 0.6) is 0 Å². The molecule has 1 heterocycles. The Labute approximate surface area is 104 Å². The topological polar surface area (TPSA) is 83.0 Å². The van der Waals surface area contributed by atoms with E-state index in [2.05, 4.69) is 10.3 Å². The smallest absolute Gasteiger partial charge is 0.340 e. The molecule has 2 aromatic rings. The van der Waals surface area contributed by atoms with Crippen LogP contribution >= 0.6 is 0 Å². The molecule has 0 spiro atoms. The van der Waals surface area contributed by atoms with Crippen molar-refractivity contribution in [1.82, 2.24) is 15.0 Å². The van der Waals surface area contributed by atoms with Gasteiger partial charge in [0.2, 0.25) is 0 Å². The number of carbonyl (C=O) groups is 1. The second kappa shape index (κ2) is 4.87. The molecule has 0 amide bonds. The van der Waals surface area contributed by atoms with E-state index in [9.17, 15) is 4.79 Å². The number of hydrogen-bond acceptors (Lipinski definition) is 5. The zero-order valence-electron chi connectivity index (χ0n) is 10.3. The highest BCUT2D eigenvalue weighted by Crippen LogP contribution is 2.15. The maximum atomic E-state index is 11.8. The molecule has 18 heavy (non-hydrogen) atoms. The molecule has 94 valence electrons. The SMILES string of the molecule is Cc1ccc(N)c(C(=O)OCc2cn(C)nn2)c1. The Morgan fingerprint density at radius 3 is 2.94 bits per heavy atom. The van der Waals surface area contributed by atoms with E-state index in [0.29, 0.717) is 16.9 Å². The van der Waals surface area contributed by atoms with Gasteiger partial charge in [-0.3, -0.25) is 4.68 Å². The first-order valence-electron chi connectivity index (χ1n) is 5.44. The zero-order chi connectivity index (χ0) is 13.1. The quantitative estimate of drug-likeness (QED) is 0.646. The molecular weight excluding hydrogens is 232 g/mol. The van der Waals surface area contributed by atoms with Gasteiger partial charge in [0.25, 0.3) is 0 Å². The van der Waals surface area contributed by atoms with Crippen molar-refractivity contribution in [3.8, 4) is 0 Å². The molecule has 0 aliphatic heterocycles. The van der Waals surface area contributed by atoms with Crippen molar-refractivity contribution in [2.24, 2.45) is 7.05 Å². The van der Waals surface area contributed by atoms with Gasteiger partial charge in [-0.2, -0.15) is 0 Å². The van der Waals surface area contributed by atoms with Crippen molar-refractivity contribution in [3.05, 3.63) is 41.2 Å². The summed E-state index contributed by atoms with van der Waals surface area (Å²) in [7, 11) is 1.75. The molecule has 1 aromatic carbocycles. The minimum atomic E-state index is -0.457. The van der Waals surface area contributed by atoms with Crippen LogP contribution in [0.2, 0.25) is 0 Å². The van der Waals surface area contributed by atoms with Gasteiger partial charge >= 0.3 is 5.97 Å². The number of nitrogen functional groups attached to an aromatic ring is 1. The Balaban J connectivity index is 2.05. The fourth-order valence-electron chi connectivity index (χ4n) is 1.53. The second-order valence-electron chi connectivity index (χ2n) is 4.05. The molecule has 0 aliphatic carbocycles. The average molecular weight is 246 g/mol. The molecule has 0 unspecified atom stereocenters. The van der Waals surface area contributed by atoms with E-state index < -0.39 is 5.97 Å². The largest absolute Gasteiger partial charge is 0.455 e. The molecule has 6 nitrogen and oxygen atoms in total. The fraction of sp³-hybridized carbons (Fsp3) is 0.250. The molecule has 1 aromatic heterocycles. The van der Waals surface area contributed by atoms with Gasteiger partial charge in [-0.1, -0.05) is 16.8 Å². The maximum Gasteiger partial charge on any atom is 0.340 e. The summed E-state index contributed by atoms with van der Waals surface area (Å²) in [5.41, 5.74) is 8.06. The molecule has 0 fully saturated rings. The summed E-state index contributed by atoms with van der Waals surface area (Å²) in [6.07, 6.45) is 1.69. The Bertz CT molecular complexity index is 577. The van der Waals surface area contributed by atoms with Gasteiger partial charge < -0.3 is 10.5 Å². The third-order valence-electron chi connectivity index (χ3n) is 2.43. The van der Waals surface area contributed by atoms with Crippen LogP contribution < -0.4 is 5.73 Å². The van der Waals surface area contributed by atoms with Crippen molar-refractivity contribution in [2.75, 3.05) is 5.73 Å². The van der Waals surface area contributed by atoms with E-state index in [1.165, 1.54) is 0 Å². The zero-order valence-corrected chi connectivity index (χ0v) is 10.3. The molecule has 0 atom stereocenters. The number of aromatic nitrogens is 3. The lowest BCUT2D eigenvalue weighted by molar-refractivity contribution is 0.0469. The summed E-state index contributed by atoms with van der Waals surface area (Å²) in [5, 5.41) is 7.58. The standard InChI is InChI=1S/C12H14N4O2/c1-8-3-4-11(13)10(5-8)12(17)18-7-9-6-16(2)15-14-9/h3-6H,7,13H2,1-2H3. The van der Waals surface area contributed by atoms with E-state index in [0.717, 1.165) is 5.56 Å². The lowest BCUT2D eigenvalue weighted by Crippen LogP contribution is -2.08. The van der Waals surface area contributed by atoms with Crippen molar-refractivity contribution in [3.63, 3.8) is 0 Å². The number of nitrogens with two attached hydrogens (primary N) is 1. The average Bonchev–Trinajstić information content (AvgIpc) is 2.75. The van der Waals surface area contributed by atoms with Crippen molar-refractivity contribution < 1.29 is 9.53 Å². The highest BCUT2D eigenvalue weighted by atomic mass is 16.5. The Hall–Kier alpha value is -2.37. The van der Waals surface area contributed by atoms with Crippen molar-refractivity contribution >= 4 is 11.7 Å². The lowest BCUT2D eigenvalue weighted by atomic mass is 10.1. The van der Waals surface area contributed by atoms with Crippen LogP contribution in [0.4, 0.5) is 5.69 Å². The summed E-state index contributed by atoms with van der Waals surface area (Å²) < 4.78 is 6.67. The Kier molecular flexibility index (Phi) is 3.27. The monoisotopic (exact) mass is 246 g/mol. The minimum Gasteiger partial charge on any atom is -0.455 e. The third kappa shape index (κ3) is 2.65. The van der Waals surface area contributed by atoms with Gasteiger partial charge in [0.15, 0.2) is 0 Å². The molecule has 0 aliphatic rings. The van der Waals surface area contributed by atoms with Gasteiger partial charge in [0, 0.05) is 12.7 Å². The van der Waals surface area contributed by atoms with Gasteiger partial charge in [0.1, 0.15) is 12.3 Å². The highest BCUT2D eigenvalue weighted by molar-refractivity contribution is 5.95. The summed E-state index contributed by atoms with van der Waals surface area (Å²) in [5.74, 6) is -0.457. The van der Waals surface area contributed by atoms with E-state index in [1.807, 2.05) is 13.0 Å². The number of anilines is 1. The predicted molar refractivity (Wildman–Crippen MR) is 65.7 cm³/mol. The number of hydrogen-bond donors (Lipinski definition) is 1. The van der Waals surface area contributed by atoms with Crippen LogP contribution in [-0.4, -0.2) is 21.0 Å². The second-order valence-corrected chi connectivity index (χ2v) is 4.05. The molecule has 0 radical (unpaired) electrons. The van der Waals surface area contributed by atoms with Crippen molar-refractivity contribution in [2.45, 2.75) is 13.5 Å². The summed E-state index contributed by atoms with van der Waals surface area (Å²) >= 11 is 0. The van der Waals surface area contributed by atoms with Crippen LogP contribution in [-0.2, 0) is 18.4 Å². The first-order valence-corrected chi connectivity index (χ1v) is 5.44. The Morgan fingerprint density at radius 1 is 1.50 bits per heavy atom. The molecule has 0 saturated carbocycles. The summed E-state index contributed by atoms with van der Waals surface area (Å²) in [4.78, 5) is 11.8. The third-order valence-corrected chi connectivity index (χ3v) is 2.43. The summed E-state index contributed by atoms with van der Waals surface area (Å²) in [6, 6.07) is 5.23. The number of nitrogens with zero attached hydrogens (tertiary/aromatic N) is 3. The summed E-state index contributed by atoms with van der Waals surface area (Å²) in [6.45, 7) is 1.97. The van der Waals surface area contributed by atoms with Crippen LogP contribution in [0.25, 0.3) is 0 Å². The van der Waals surface area contributed by atoms with Gasteiger partial charge in [-0.15, -0.1) is 5.10 Å². The van der Waals surface area contributed by atoms with Gasteiger partial charge in [0.05, 0.1) is 11.8 Å². The van der Waals surface area contributed by atoms with Crippen LogP contribution in [0.3, 0.4) is 0 Å². The van der Waals surface area contributed by atoms with E-state index in [-0.39, 0.29) is 6.61 Å². The molecule has 0 bridgehead atoms. The number of carbonyl (C=O) groups excluding carboxylic acids is 1. The van der Waals surface area contributed by atoms with Crippen LogP contribution in [0, 0.1) is 6.92 Å². The minimum absolute atomic E-state index is 0.0834. The molecule has 2 rings (SSSR count). The first-order chi connectivity index (χ1) is 8.56. The fourth-order valence-corrected chi connectivity index (χ4v) is 1.53. The van der Waals surface area contributed by atoms with Crippen LogP contribution in [0.15, 0.2) is 24.4 Å². The highest BCUT2D eigenvalue weighted by Gasteiger charge is 2.12. The van der Waals surface area contributed by atoms with Gasteiger partial charge in [-0.25, -0.2) is 4.79 Å². The predicted octanol–water partition coefficient (Wildman–Crippen LogP) is 1.06. The normalized spacial score (nSPS) is 10.3. The first kappa shape index (κ1) is 12.1. The lowest BCUT2D eigenvalue weighted by Gasteiger charge is -2.06.